The first kappa shape index (κ1) is 37.6. The minimum atomic E-state index is -0.125. The maximum Gasteiger partial charge on any atom is 0.155 e. The number of carbonyl (C=O) groups is 1. The summed E-state index contributed by atoms with van der Waals surface area (Å²) in [5, 5.41) is 8.36. The third kappa shape index (κ3) is 9.60. The van der Waals surface area contributed by atoms with E-state index in [2.05, 4.69) is 97.0 Å². The Morgan fingerprint density at radius 2 is 1.04 bits per heavy atom. The molecular formula is C41H42IrN4O2-2. The van der Waals surface area contributed by atoms with Gasteiger partial charge in [-0.3, -0.25) is 14.8 Å². The number of nitrogens with zero attached hydrogens (tertiary/aromatic N) is 4. The van der Waals surface area contributed by atoms with Crippen LogP contribution < -0.4 is 0 Å². The Morgan fingerprint density at radius 3 is 1.31 bits per heavy atom. The predicted octanol–water partition coefficient (Wildman–Crippen LogP) is 9.56. The minimum absolute atomic E-state index is 0. The van der Waals surface area contributed by atoms with E-state index in [4.69, 9.17) is 5.11 Å². The molecule has 249 valence electrons. The molecule has 0 aliphatic rings. The standard InChI is InChI=1S/2C18H17N2.C5H8O2.Ir/c2*1-13-11-14(2)17(15(3)12-13)20-10-9-19-18(20)16-7-5-4-6-8-16;1-4(6)3-5(2)7;/h2*4-7,9-12H,1-3H3;3,6H,1-2H3;/q2*-1;;/b;;4-3-;. The van der Waals surface area contributed by atoms with Gasteiger partial charge in [0, 0.05) is 62.3 Å². The van der Waals surface area contributed by atoms with Gasteiger partial charge in [0.05, 0.1) is 17.4 Å². The Kier molecular flexibility index (Phi) is 13.6. The van der Waals surface area contributed by atoms with Gasteiger partial charge in [0.25, 0.3) is 0 Å². The quantitative estimate of drug-likeness (QED) is 0.107. The van der Waals surface area contributed by atoms with Crippen molar-refractivity contribution in [3.05, 3.63) is 155 Å². The van der Waals surface area contributed by atoms with Crippen LogP contribution in [0.3, 0.4) is 0 Å². The number of benzene rings is 4. The summed E-state index contributed by atoms with van der Waals surface area (Å²) in [5.41, 5.74) is 12.1. The molecule has 0 aliphatic carbocycles. The fourth-order valence-corrected chi connectivity index (χ4v) is 5.83. The zero-order valence-corrected chi connectivity index (χ0v) is 31.2. The van der Waals surface area contributed by atoms with E-state index in [1.165, 1.54) is 64.7 Å². The number of hydrogen-bond acceptors (Lipinski definition) is 4. The second-order valence-corrected chi connectivity index (χ2v) is 11.7. The van der Waals surface area contributed by atoms with Gasteiger partial charge in [0.2, 0.25) is 0 Å². The molecule has 0 spiro atoms. The molecule has 2 aromatic heterocycles. The molecule has 0 aliphatic heterocycles. The van der Waals surface area contributed by atoms with Gasteiger partial charge in [-0.05, 0) is 77.6 Å². The van der Waals surface area contributed by atoms with Crippen LogP contribution in [0.4, 0.5) is 0 Å². The molecule has 0 saturated heterocycles. The van der Waals surface area contributed by atoms with Gasteiger partial charge in [0.1, 0.15) is 0 Å². The molecule has 0 unspecified atom stereocenters. The van der Waals surface area contributed by atoms with Gasteiger partial charge in [-0.25, -0.2) is 0 Å². The monoisotopic (exact) mass is 815 g/mol. The summed E-state index contributed by atoms with van der Waals surface area (Å²) in [6.45, 7) is 15.7. The molecule has 1 N–H and O–H groups in total. The zero-order valence-electron chi connectivity index (χ0n) is 28.8. The molecule has 7 heteroatoms. The molecule has 0 amide bonds. The van der Waals surface area contributed by atoms with Crippen LogP contribution in [0.1, 0.15) is 47.2 Å². The number of allylic oxidation sites excluding steroid dienone is 2. The molecule has 2 heterocycles. The molecule has 6 rings (SSSR count). The largest absolute Gasteiger partial charge is 0.512 e. The normalized spacial score (nSPS) is 10.6. The number of aliphatic hydroxyl groups excluding tert-OH is 1. The van der Waals surface area contributed by atoms with E-state index in [9.17, 15) is 4.79 Å². The van der Waals surface area contributed by atoms with E-state index in [0.717, 1.165) is 22.8 Å². The van der Waals surface area contributed by atoms with Crippen LogP contribution in [0.15, 0.2) is 109 Å². The van der Waals surface area contributed by atoms with E-state index < -0.39 is 0 Å². The maximum atomic E-state index is 10.0. The molecule has 0 atom stereocenters. The van der Waals surface area contributed by atoms with Crippen molar-refractivity contribution in [1.29, 1.82) is 0 Å². The Hall–Kier alpha value is -4.84. The molecule has 0 saturated carbocycles. The first-order chi connectivity index (χ1) is 22.5. The first-order valence-electron chi connectivity index (χ1n) is 15.5. The smallest absolute Gasteiger partial charge is 0.155 e. The Bertz CT molecular complexity index is 1810. The van der Waals surface area contributed by atoms with Crippen LogP contribution in [-0.4, -0.2) is 30.0 Å². The van der Waals surface area contributed by atoms with E-state index in [1.807, 2.05) is 73.3 Å². The van der Waals surface area contributed by atoms with Gasteiger partial charge < -0.3 is 14.2 Å². The van der Waals surface area contributed by atoms with E-state index in [0.29, 0.717) is 0 Å². The van der Waals surface area contributed by atoms with Crippen LogP contribution >= 0.6 is 0 Å². The second kappa shape index (κ2) is 17.4. The fraction of sp³-hybridized carbons (Fsp3) is 0.195. The van der Waals surface area contributed by atoms with Gasteiger partial charge in [-0.15, -0.1) is 71.8 Å². The topological polar surface area (TPSA) is 72.9 Å². The molecule has 1 radical (unpaired) electrons. The van der Waals surface area contributed by atoms with Crippen LogP contribution in [-0.2, 0) is 24.9 Å². The number of carbonyl (C=O) groups excluding carboxylic acids is 1. The fourth-order valence-electron chi connectivity index (χ4n) is 5.83. The number of hydrogen-bond donors (Lipinski definition) is 1. The Balaban J connectivity index is 0.000000215. The summed E-state index contributed by atoms with van der Waals surface area (Å²) in [6.07, 6.45) is 8.88. The number of aliphatic hydroxyl groups is 1. The number of imidazole rings is 2. The predicted molar refractivity (Wildman–Crippen MR) is 191 cm³/mol. The van der Waals surface area contributed by atoms with Crippen molar-refractivity contribution in [2.24, 2.45) is 0 Å². The van der Waals surface area contributed by atoms with Gasteiger partial charge in [-0.1, -0.05) is 35.4 Å². The van der Waals surface area contributed by atoms with Crippen molar-refractivity contribution in [3.63, 3.8) is 0 Å². The molecule has 48 heavy (non-hydrogen) atoms. The number of ketones is 1. The second-order valence-electron chi connectivity index (χ2n) is 11.7. The van der Waals surface area contributed by atoms with Gasteiger partial charge >= 0.3 is 0 Å². The first-order valence-corrected chi connectivity index (χ1v) is 15.5. The van der Waals surface area contributed by atoms with Crippen LogP contribution in [0.5, 0.6) is 0 Å². The minimum Gasteiger partial charge on any atom is -0.512 e. The third-order valence-electron chi connectivity index (χ3n) is 7.35. The van der Waals surface area contributed by atoms with Crippen molar-refractivity contribution in [2.45, 2.75) is 55.4 Å². The number of rotatable bonds is 5. The van der Waals surface area contributed by atoms with E-state index in [1.54, 1.807) is 0 Å². The average Bonchev–Trinajstić information content (AvgIpc) is 3.68. The summed E-state index contributed by atoms with van der Waals surface area (Å²) in [4.78, 5) is 19.0. The van der Waals surface area contributed by atoms with Gasteiger partial charge in [0.15, 0.2) is 5.78 Å². The number of aromatic nitrogens is 4. The summed E-state index contributed by atoms with van der Waals surface area (Å²) in [5.74, 6) is 1.80. The molecular weight excluding hydrogens is 773 g/mol. The number of aryl methyl sites for hydroxylation is 6. The van der Waals surface area contributed by atoms with Crippen molar-refractivity contribution in [3.8, 4) is 34.2 Å². The van der Waals surface area contributed by atoms with E-state index >= 15 is 0 Å². The van der Waals surface area contributed by atoms with Gasteiger partial charge in [-0.2, -0.15) is 0 Å². The van der Waals surface area contributed by atoms with Crippen LogP contribution in [0.2, 0.25) is 0 Å². The summed E-state index contributed by atoms with van der Waals surface area (Å²) in [6, 6.07) is 31.2. The third-order valence-corrected chi connectivity index (χ3v) is 7.35. The Labute approximate surface area is 298 Å². The maximum absolute atomic E-state index is 10.0. The molecule has 0 bridgehead atoms. The van der Waals surface area contributed by atoms with Crippen molar-refractivity contribution < 1.29 is 30.0 Å². The molecule has 0 fully saturated rings. The van der Waals surface area contributed by atoms with Crippen molar-refractivity contribution >= 4 is 5.78 Å². The Morgan fingerprint density at radius 1 is 0.667 bits per heavy atom. The molecule has 6 aromatic rings. The van der Waals surface area contributed by atoms with Crippen LogP contribution in [0, 0.1) is 53.7 Å². The molecule has 4 aromatic carbocycles. The zero-order chi connectivity index (χ0) is 34.1. The van der Waals surface area contributed by atoms with Crippen LogP contribution in [0.25, 0.3) is 34.2 Å². The SMILES string of the molecule is CC(=O)/C=C(/C)O.Cc1cc(C)c(-n2ccnc2-c2[c-]cccc2)c(C)c1.Cc1cc(C)c(-n2ccnc2-c2[c-]cccc2)c(C)c1.[Ir]. The van der Waals surface area contributed by atoms with E-state index in [-0.39, 0.29) is 31.6 Å². The summed E-state index contributed by atoms with van der Waals surface area (Å²) >= 11 is 0. The summed E-state index contributed by atoms with van der Waals surface area (Å²) < 4.78 is 4.30. The van der Waals surface area contributed by atoms with Crippen molar-refractivity contribution in [2.75, 3.05) is 0 Å². The molecule has 6 nitrogen and oxygen atoms in total. The van der Waals surface area contributed by atoms with Crippen molar-refractivity contribution in [1.82, 2.24) is 19.1 Å². The average molecular weight is 815 g/mol. The summed E-state index contributed by atoms with van der Waals surface area (Å²) in [7, 11) is 0.